The van der Waals surface area contributed by atoms with Crippen molar-refractivity contribution in [3.63, 3.8) is 0 Å². The molecule has 1 fully saturated rings. The quantitative estimate of drug-likeness (QED) is 0.771. The molecule has 1 aliphatic carbocycles. The summed E-state index contributed by atoms with van der Waals surface area (Å²) in [7, 11) is 0. The molecule has 138 valence electrons. The van der Waals surface area contributed by atoms with Gasteiger partial charge in [0.25, 0.3) is 5.91 Å². The lowest BCUT2D eigenvalue weighted by Gasteiger charge is -2.37. The van der Waals surface area contributed by atoms with Crippen LogP contribution in [0.1, 0.15) is 40.4 Å². The average Bonchev–Trinajstić information content (AvgIpc) is 2.52. The number of halogens is 6. The van der Waals surface area contributed by atoms with Crippen LogP contribution in [-0.2, 0) is 6.18 Å². The van der Waals surface area contributed by atoms with Crippen LogP contribution in [0.3, 0.4) is 0 Å². The molecule has 1 N–H and O–H groups in total. The topological polar surface area (TPSA) is 42.0 Å². The van der Waals surface area contributed by atoms with Gasteiger partial charge in [-0.1, -0.05) is 17.7 Å². The summed E-state index contributed by atoms with van der Waals surface area (Å²) in [5.74, 6) is -3.35. The summed E-state index contributed by atoms with van der Waals surface area (Å²) in [5.41, 5.74) is -1.46. The number of rotatable bonds is 3. The lowest BCUT2D eigenvalue weighted by atomic mass is 9.77. The smallest absolute Gasteiger partial charge is 0.348 e. The summed E-state index contributed by atoms with van der Waals surface area (Å²) in [4.78, 5) is 15.9. The molecular weight excluding hydrogens is 379 g/mol. The molecule has 1 aliphatic rings. The zero-order valence-electron chi connectivity index (χ0n) is 13.1. The summed E-state index contributed by atoms with van der Waals surface area (Å²) in [5, 5.41) is 2.33. The molecule has 1 saturated carbocycles. The number of carbonyl (C=O) groups is 1. The molecule has 1 heterocycles. The minimum absolute atomic E-state index is 0.166. The van der Waals surface area contributed by atoms with Crippen molar-refractivity contribution in [3.8, 4) is 0 Å². The second kappa shape index (κ2) is 6.83. The number of amides is 1. The van der Waals surface area contributed by atoms with Gasteiger partial charge in [0.15, 0.2) is 0 Å². The maximum Gasteiger partial charge on any atom is 0.417 e. The van der Waals surface area contributed by atoms with Gasteiger partial charge in [-0.3, -0.25) is 9.78 Å². The highest BCUT2D eigenvalue weighted by Gasteiger charge is 2.38. The van der Waals surface area contributed by atoms with E-state index in [2.05, 4.69) is 10.3 Å². The van der Waals surface area contributed by atoms with Crippen molar-refractivity contribution in [3.05, 3.63) is 63.9 Å². The van der Waals surface area contributed by atoms with E-state index in [1.54, 1.807) is 0 Å². The average molecular weight is 391 g/mol. The van der Waals surface area contributed by atoms with Crippen molar-refractivity contribution in [2.45, 2.75) is 31.0 Å². The first-order valence-electron chi connectivity index (χ1n) is 7.66. The van der Waals surface area contributed by atoms with Gasteiger partial charge in [0.2, 0.25) is 0 Å². The molecule has 0 aliphatic heterocycles. The predicted octanol–water partition coefficient (Wildman–Crippen LogP) is 4.71. The number of hydrogen-bond acceptors (Lipinski definition) is 2. The Balaban J connectivity index is 1.77. The van der Waals surface area contributed by atoms with E-state index in [-0.39, 0.29) is 10.7 Å². The Morgan fingerprint density at radius 3 is 2.35 bits per heavy atom. The van der Waals surface area contributed by atoms with Gasteiger partial charge in [-0.2, -0.15) is 13.2 Å². The number of nitrogens with one attached hydrogen (secondary N) is 1. The fourth-order valence-electron chi connectivity index (χ4n) is 2.83. The number of pyridine rings is 1. The molecule has 0 radical (unpaired) electrons. The van der Waals surface area contributed by atoms with E-state index in [1.807, 2.05) is 0 Å². The summed E-state index contributed by atoms with van der Waals surface area (Å²) in [6.45, 7) is 0. The van der Waals surface area contributed by atoms with E-state index >= 15 is 0 Å². The van der Waals surface area contributed by atoms with Crippen LogP contribution >= 0.6 is 11.6 Å². The van der Waals surface area contributed by atoms with Crippen molar-refractivity contribution < 1.29 is 26.7 Å². The highest BCUT2D eigenvalue weighted by molar-refractivity contribution is 6.31. The van der Waals surface area contributed by atoms with Crippen LogP contribution in [0.2, 0.25) is 5.02 Å². The monoisotopic (exact) mass is 390 g/mol. The zero-order chi connectivity index (χ0) is 19.1. The van der Waals surface area contributed by atoms with Gasteiger partial charge in [0.1, 0.15) is 17.2 Å². The molecule has 2 atom stereocenters. The maximum atomic E-state index is 13.7. The van der Waals surface area contributed by atoms with Gasteiger partial charge in [-0.25, -0.2) is 8.78 Å². The van der Waals surface area contributed by atoms with Gasteiger partial charge in [0, 0.05) is 18.2 Å². The number of carbonyl (C=O) groups excluding carboxylic acids is 1. The maximum absolute atomic E-state index is 13.7. The summed E-state index contributed by atoms with van der Waals surface area (Å²) >= 11 is 5.92. The van der Waals surface area contributed by atoms with E-state index in [1.165, 1.54) is 0 Å². The van der Waals surface area contributed by atoms with Crippen LogP contribution in [0.5, 0.6) is 0 Å². The highest BCUT2D eigenvalue weighted by atomic mass is 35.5. The highest BCUT2D eigenvalue weighted by Crippen LogP contribution is 2.41. The van der Waals surface area contributed by atoms with Crippen molar-refractivity contribution >= 4 is 17.5 Å². The number of nitrogens with zero attached hydrogens (tertiary/aromatic N) is 1. The molecule has 1 aromatic carbocycles. The summed E-state index contributed by atoms with van der Waals surface area (Å²) in [6, 6.07) is 3.31. The standard InChI is InChI=1S/C17H12ClF5N2O/c18-10-6-8(17(21,22)23)7-24-15(10)9-4-5-13(9)25-16(26)14-11(19)2-1-3-12(14)20/h1-3,6-7,9,13H,4-5H2,(H,25,26). The van der Waals surface area contributed by atoms with Crippen molar-refractivity contribution in [2.24, 2.45) is 0 Å². The second-order valence-corrected chi connectivity index (χ2v) is 6.36. The predicted molar refractivity (Wildman–Crippen MR) is 83.8 cm³/mol. The third kappa shape index (κ3) is 3.51. The molecule has 0 saturated heterocycles. The van der Waals surface area contributed by atoms with E-state index in [0.29, 0.717) is 19.0 Å². The molecule has 1 aromatic heterocycles. The molecular formula is C17H12ClF5N2O. The fraction of sp³-hybridized carbons (Fsp3) is 0.294. The Kier molecular flexibility index (Phi) is 4.88. The Morgan fingerprint density at radius 1 is 1.19 bits per heavy atom. The van der Waals surface area contributed by atoms with Crippen LogP contribution in [0, 0.1) is 11.6 Å². The van der Waals surface area contributed by atoms with Crippen molar-refractivity contribution in [1.29, 1.82) is 0 Å². The SMILES string of the molecule is O=C(NC1CCC1c1ncc(C(F)(F)F)cc1Cl)c1c(F)cccc1F. The molecule has 9 heteroatoms. The Labute approximate surface area is 150 Å². The molecule has 2 aromatic rings. The van der Waals surface area contributed by atoms with Crippen LogP contribution in [0.4, 0.5) is 22.0 Å². The molecule has 2 unspecified atom stereocenters. The largest absolute Gasteiger partial charge is 0.417 e. The number of alkyl halides is 3. The molecule has 0 spiro atoms. The number of hydrogen-bond donors (Lipinski definition) is 1. The van der Waals surface area contributed by atoms with E-state index in [4.69, 9.17) is 11.6 Å². The van der Waals surface area contributed by atoms with Crippen molar-refractivity contribution in [1.82, 2.24) is 10.3 Å². The lowest BCUT2D eigenvalue weighted by molar-refractivity contribution is -0.137. The molecule has 3 nitrogen and oxygen atoms in total. The molecule has 0 bridgehead atoms. The van der Waals surface area contributed by atoms with E-state index < -0.39 is 46.8 Å². The van der Waals surface area contributed by atoms with Crippen LogP contribution in [0.15, 0.2) is 30.5 Å². The molecule has 3 rings (SSSR count). The minimum Gasteiger partial charge on any atom is -0.348 e. The van der Waals surface area contributed by atoms with Gasteiger partial charge in [-0.05, 0) is 31.0 Å². The second-order valence-electron chi connectivity index (χ2n) is 5.95. The first kappa shape index (κ1) is 18.6. The van der Waals surface area contributed by atoms with E-state index in [0.717, 1.165) is 24.3 Å². The van der Waals surface area contributed by atoms with Gasteiger partial charge >= 0.3 is 6.18 Å². The minimum atomic E-state index is -4.56. The van der Waals surface area contributed by atoms with Gasteiger partial charge in [0.05, 0.1) is 16.3 Å². The summed E-state index contributed by atoms with van der Waals surface area (Å²) < 4.78 is 65.4. The third-order valence-electron chi connectivity index (χ3n) is 4.33. The fourth-order valence-corrected chi connectivity index (χ4v) is 3.14. The molecule has 1 amide bonds. The van der Waals surface area contributed by atoms with Crippen LogP contribution < -0.4 is 5.32 Å². The normalized spacial score (nSPS) is 19.8. The molecule has 26 heavy (non-hydrogen) atoms. The number of aromatic nitrogens is 1. The Morgan fingerprint density at radius 2 is 1.85 bits per heavy atom. The van der Waals surface area contributed by atoms with Gasteiger partial charge < -0.3 is 5.32 Å². The van der Waals surface area contributed by atoms with E-state index in [9.17, 15) is 26.7 Å². The number of benzene rings is 1. The lowest BCUT2D eigenvalue weighted by Crippen LogP contribution is -2.46. The summed E-state index contributed by atoms with van der Waals surface area (Å²) in [6.07, 6.45) is -2.87. The Bertz CT molecular complexity index is 835. The van der Waals surface area contributed by atoms with Gasteiger partial charge in [-0.15, -0.1) is 0 Å². The van der Waals surface area contributed by atoms with Crippen LogP contribution in [-0.4, -0.2) is 16.9 Å². The van der Waals surface area contributed by atoms with Crippen LogP contribution in [0.25, 0.3) is 0 Å². The Hall–Kier alpha value is -2.22. The van der Waals surface area contributed by atoms with Crippen molar-refractivity contribution in [2.75, 3.05) is 0 Å². The first-order chi connectivity index (χ1) is 12.2. The first-order valence-corrected chi connectivity index (χ1v) is 8.04. The third-order valence-corrected chi connectivity index (χ3v) is 4.63. The zero-order valence-corrected chi connectivity index (χ0v) is 13.8.